The lowest BCUT2D eigenvalue weighted by molar-refractivity contribution is 0.119. The van der Waals surface area contributed by atoms with Crippen molar-refractivity contribution in [2.45, 2.75) is 40.0 Å². The standard InChI is InChI=1S/C19H27FN4OS/c1-6-21-19(22-10-15-8-7-13(2)17(20)9-15)24(4)11-16-12-26-18(23-16)14(3)25-5/h7-9,12,14H,6,10-11H2,1-5H3,(H,21,22). The van der Waals surface area contributed by atoms with Crippen molar-refractivity contribution in [3.05, 3.63) is 51.2 Å². The summed E-state index contributed by atoms with van der Waals surface area (Å²) >= 11 is 1.60. The summed E-state index contributed by atoms with van der Waals surface area (Å²) in [5, 5.41) is 6.28. The van der Waals surface area contributed by atoms with Crippen LogP contribution in [-0.4, -0.2) is 36.5 Å². The molecule has 1 atom stereocenters. The van der Waals surface area contributed by atoms with E-state index in [2.05, 4.69) is 15.3 Å². The highest BCUT2D eigenvalue weighted by Crippen LogP contribution is 2.21. The van der Waals surface area contributed by atoms with E-state index in [0.717, 1.165) is 28.8 Å². The number of aliphatic imine (C=N–C) groups is 1. The van der Waals surface area contributed by atoms with E-state index in [4.69, 9.17) is 4.74 Å². The first kappa shape index (κ1) is 20.3. The van der Waals surface area contributed by atoms with Crippen molar-refractivity contribution in [2.24, 2.45) is 4.99 Å². The molecule has 26 heavy (non-hydrogen) atoms. The molecule has 0 aliphatic heterocycles. The number of hydrogen-bond acceptors (Lipinski definition) is 4. The summed E-state index contributed by atoms with van der Waals surface area (Å²) in [6, 6.07) is 5.23. The fourth-order valence-electron chi connectivity index (χ4n) is 2.37. The third-order valence-corrected chi connectivity index (χ3v) is 5.07. The van der Waals surface area contributed by atoms with E-state index < -0.39 is 0 Å². The molecule has 7 heteroatoms. The topological polar surface area (TPSA) is 49.8 Å². The van der Waals surface area contributed by atoms with Crippen LogP contribution in [0.1, 0.15) is 41.8 Å². The molecule has 1 N–H and O–H groups in total. The van der Waals surface area contributed by atoms with Crippen LogP contribution < -0.4 is 5.32 Å². The first-order valence-corrected chi connectivity index (χ1v) is 9.54. The molecule has 5 nitrogen and oxygen atoms in total. The highest BCUT2D eigenvalue weighted by atomic mass is 32.1. The minimum Gasteiger partial charge on any atom is -0.375 e. The second kappa shape index (κ2) is 9.64. The van der Waals surface area contributed by atoms with Crippen molar-refractivity contribution < 1.29 is 9.13 Å². The lowest BCUT2D eigenvalue weighted by Gasteiger charge is -2.21. The summed E-state index contributed by atoms with van der Waals surface area (Å²) in [4.78, 5) is 11.3. The van der Waals surface area contributed by atoms with Crippen LogP contribution in [0.5, 0.6) is 0 Å². The Morgan fingerprint density at radius 2 is 2.23 bits per heavy atom. The third kappa shape index (κ3) is 5.51. The maximum atomic E-state index is 13.7. The number of guanidine groups is 1. The maximum absolute atomic E-state index is 13.7. The Kier molecular flexibility index (Phi) is 7.53. The molecule has 2 aromatic rings. The molecular weight excluding hydrogens is 351 g/mol. The van der Waals surface area contributed by atoms with Gasteiger partial charge in [0.2, 0.25) is 0 Å². The summed E-state index contributed by atoms with van der Waals surface area (Å²) in [6.45, 7) is 7.59. The Morgan fingerprint density at radius 1 is 1.46 bits per heavy atom. The smallest absolute Gasteiger partial charge is 0.194 e. The van der Waals surface area contributed by atoms with Crippen molar-refractivity contribution in [3.8, 4) is 0 Å². The van der Waals surface area contributed by atoms with Crippen LogP contribution in [0, 0.1) is 12.7 Å². The minimum atomic E-state index is -0.196. The van der Waals surface area contributed by atoms with Crippen LogP contribution in [0.15, 0.2) is 28.6 Å². The first-order valence-electron chi connectivity index (χ1n) is 8.66. The molecule has 0 aliphatic carbocycles. The highest BCUT2D eigenvalue weighted by Gasteiger charge is 2.12. The van der Waals surface area contributed by atoms with Crippen LogP contribution in [0.3, 0.4) is 0 Å². The second-order valence-corrected chi connectivity index (χ2v) is 7.05. The monoisotopic (exact) mass is 378 g/mol. The molecule has 1 heterocycles. The van der Waals surface area contributed by atoms with Crippen LogP contribution in [-0.2, 0) is 17.8 Å². The number of ether oxygens (including phenoxy) is 1. The summed E-state index contributed by atoms with van der Waals surface area (Å²) in [5.74, 6) is 0.571. The highest BCUT2D eigenvalue weighted by molar-refractivity contribution is 7.09. The van der Waals surface area contributed by atoms with Crippen molar-refractivity contribution in [3.63, 3.8) is 0 Å². The molecule has 0 saturated heterocycles. The van der Waals surface area contributed by atoms with E-state index in [1.54, 1.807) is 37.5 Å². The van der Waals surface area contributed by atoms with Crippen LogP contribution in [0.25, 0.3) is 0 Å². The summed E-state index contributed by atoms with van der Waals surface area (Å²) in [6.07, 6.45) is -0.00241. The van der Waals surface area contributed by atoms with Gasteiger partial charge in [-0.1, -0.05) is 12.1 Å². The molecule has 0 bridgehead atoms. The zero-order valence-electron chi connectivity index (χ0n) is 16.0. The molecule has 0 saturated carbocycles. The summed E-state index contributed by atoms with van der Waals surface area (Å²) in [7, 11) is 3.65. The number of halogens is 1. The van der Waals surface area contributed by atoms with Gasteiger partial charge in [-0.05, 0) is 38.0 Å². The van der Waals surface area contributed by atoms with Gasteiger partial charge in [0.1, 0.15) is 16.9 Å². The number of aromatic nitrogens is 1. The van der Waals surface area contributed by atoms with Gasteiger partial charge in [0.05, 0.1) is 18.8 Å². The van der Waals surface area contributed by atoms with Crippen molar-refractivity contribution in [2.75, 3.05) is 20.7 Å². The van der Waals surface area contributed by atoms with E-state index in [1.165, 1.54) is 0 Å². The van der Waals surface area contributed by atoms with Gasteiger partial charge in [0, 0.05) is 26.1 Å². The minimum absolute atomic E-state index is 0.00241. The maximum Gasteiger partial charge on any atom is 0.194 e. The van der Waals surface area contributed by atoms with Gasteiger partial charge in [-0.2, -0.15) is 0 Å². The Balaban J connectivity index is 2.06. The number of thiazole rings is 1. The zero-order valence-corrected chi connectivity index (χ0v) is 16.9. The first-order chi connectivity index (χ1) is 12.4. The third-order valence-electron chi connectivity index (χ3n) is 4.01. The summed E-state index contributed by atoms with van der Waals surface area (Å²) in [5.41, 5.74) is 2.47. The normalized spacial score (nSPS) is 12.9. The molecular formula is C19H27FN4OS. The average Bonchev–Trinajstić information content (AvgIpc) is 3.09. The number of nitrogens with one attached hydrogen (secondary N) is 1. The van der Waals surface area contributed by atoms with E-state index >= 15 is 0 Å². The number of aryl methyl sites for hydroxylation is 1. The van der Waals surface area contributed by atoms with Gasteiger partial charge < -0.3 is 15.0 Å². The predicted molar refractivity (Wildman–Crippen MR) is 105 cm³/mol. The molecule has 0 spiro atoms. The Morgan fingerprint density at radius 3 is 2.88 bits per heavy atom. The van der Waals surface area contributed by atoms with Crippen molar-refractivity contribution >= 4 is 17.3 Å². The predicted octanol–water partition coefficient (Wildman–Crippen LogP) is 3.90. The summed E-state index contributed by atoms with van der Waals surface area (Å²) < 4.78 is 19.0. The molecule has 0 aliphatic rings. The van der Waals surface area contributed by atoms with Gasteiger partial charge in [-0.15, -0.1) is 11.3 Å². The molecule has 0 fully saturated rings. The fraction of sp³-hybridized carbons (Fsp3) is 0.474. The second-order valence-electron chi connectivity index (χ2n) is 6.16. The number of benzene rings is 1. The zero-order chi connectivity index (χ0) is 19.1. The van der Waals surface area contributed by atoms with Gasteiger partial charge in [-0.25, -0.2) is 14.4 Å². The Bertz CT molecular complexity index is 747. The quantitative estimate of drug-likeness (QED) is 0.586. The molecule has 2 rings (SSSR count). The molecule has 142 valence electrons. The average molecular weight is 379 g/mol. The molecule has 0 amide bonds. The number of rotatable bonds is 7. The largest absolute Gasteiger partial charge is 0.375 e. The number of methoxy groups -OCH3 is 1. The number of nitrogens with zero attached hydrogens (tertiary/aromatic N) is 3. The van der Waals surface area contributed by atoms with Crippen molar-refractivity contribution in [1.82, 2.24) is 15.2 Å². The fourth-order valence-corrected chi connectivity index (χ4v) is 3.21. The molecule has 0 radical (unpaired) electrons. The van der Waals surface area contributed by atoms with Crippen LogP contribution in [0.4, 0.5) is 4.39 Å². The van der Waals surface area contributed by atoms with Crippen LogP contribution in [0.2, 0.25) is 0 Å². The van der Waals surface area contributed by atoms with E-state index in [1.807, 2.05) is 37.2 Å². The molecule has 1 aromatic carbocycles. The van der Waals surface area contributed by atoms with Crippen molar-refractivity contribution in [1.29, 1.82) is 0 Å². The number of hydrogen-bond donors (Lipinski definition) is 1. The molecule has 1 unspecified atom stereocenters. The SMILES string of the molecule is CCNC(=NCc1ccc(C)c(F)c1)N(C)Cc1csc(C(C)OC)n1. The van der Waals surface area contributed by atoms with Gasteiger partial charge >= 0.3 is 0 Å². The van der Waals surface area contributed by atoms with E-state index in [-0.39, 0.29) is 11.9 Å². The lowest BCUT2D eigenvalue weighted by atomic mass is 10.1. The van der Waals surface area contributed by atoms with E-state index in [9.17, 15) is 4.39 Å². The van der Waals surface area contributed by atoms with E-state index in [0.29, 0.717) is 18.7 Å². The Hall–Kier alpha value is -1.99. The van der Waals surface area contributed by atoms with Gasteiger partial charge in [0.15, 0.2) is 5.96 Å². The Labute approximate surface area is 158 Å². The van der Waals surface area contributed by atoms with Gasteiger partial charge in [-0.3, -0.25) is 0 Å². The van der Waals surface area contributed by atoms with Gasteiger partial charge in [0.25, 0.3) is 0 Å². The molecule has 1 aromatic heterocycles. The lowest BCUT2D eigenvalue weighted by Crippen LogP contribution is -2.38. The van der Waals surface area contributed by atoms with Crippen LogP contribution >= 0.6 is 11.3 Å².